The lowest BCUT2D eigenvalue weighted by Gasteiger charge is -2.43. The van der Waals surface area contributed by atoms with E-state index in [1.165, 1.54) is 16.8 Å². The summed E-state index contributed by atoms with van der Waals surface area (Å²) < 4.78 is 5.22. The number of piperazine rings is 1. The van der Waals surface area contributed by atoms with Crippen molar-refractivity contribution in [2.75, 3.05) is 57.9 Å². The first-order valence-corrected chi connectivity index (χ1v) is 11.3. The third kappa shape index (κ3) is 5.02. The Hall–Kier alpha value is -2.57. The fraction of sp³-hybridized carbons (Fsp3) is 0.480. The second-order valence-electron chi connectivity index (χ2n) is 8.43. The normalized spacial score (nSPS) is 18.8. The smallest absolute Gasteiger partial charge is 0.320 e. The van der Waals surface area contributed by atoms with Crippen molar-refractivity contribution in [2.45, 2.75) is 26.1 Å². The molecular formula is C25H34N4O2. The fourth-order valence-electron chi connectivity index (χ4n) is 4.76. The van der Waals surface area contributed by atoms with Gasteiger partial charge in [0.15, 0.2) is 0 Å². The predicted molar refractivity (Wildman–Crippen MR) is 124 cm³/mol. The molecule has 0 spiro atoms. The lowest BCUT2D eigenvalue weighted by atomic mass is 10.1. The van der Waals surface area contributed by atoms with Gasteiger partial charge in [0.1, 0.15) is 0 Å². The van der Waals surface area contributed by atoms with Crippen molar-refractivity contribution in [2.24, 2.45) is 0 Å². The van der Waals surface area contributed by atoms with E-state index in [9.17, 15) is 4.79 Å². The Labute approximate surface area is 186 Å². The Morgan fingerprint density at radius 2 is 1.84 bits per heavy atom. The third-order valence-corrected chi connectivity index (χ3v) is 6.40. The average molecular weight is 423 g/mol. The minimum Gasteiger partial charge on any atom is -0.383 e. The number of rotatable bonds is 6. The molecule has 2 aliphatic heterocycles. The van der Waals surface area contributed by atoms with E-state index < -0.39 is 0 Å². The van der Waals surface area contributed by atoms with E-state index in [4.69, 9.17) is 4.74 Å². The van der Waals surface area contributed by atoms with Crippen LogP contribution in [0.5, 0.6) is 0 Å². The van der Waals surface area contributed by atoms with Crippen molar-refractivity contribution < 1.29 is 9.53 Å². The van der Waals surface area contributed by atoms with Crippen LogP contribution >= 0.6 is 0 Å². The van der Waals surface area contributed by atoms with Crippen LogP contribution in [0.25, 0.3) is 0 Å². The van der Waals surface area contributed by atoms with Gasteiger partial charge in [-0.05, 0) is 24.1 Å². The van der Waals surface area contributed by atoms with Gasteiger partial charge in [0, 0.05) is 65.2 Å². The molecule has 0 radical (unpaired) electrons. The molecule has 1 saturated heterocycles. The summed E-state index contributed by atoms with van der Waals surface area (Å²) in [6, 6.07) is 19.6. The molecule has 1 fully saturated rings. The Bertz CT molecular complexity index is 860. The maximum absolute atomic E-state index is 13.4. The van der Waals surface area contributed by atoms with Crippen LogP contribution in [-0.2, 0) is 17.8 Å². The van der Waals surface area contributed by atoms with Gasteiger partial charge in [0.05, 0.1) is 12.6 Å². The maximum Gasteiger partial charge on any atom is 0.320 e. The zero-order valence-electron chi connectivity index (χ0n) is 18.7. The zero-order chi connectivity index (χ0) is 21.6. The van der Waals surface area contributed by atoms with E-state index >= 15 is 0 Å². The van der Waals surface area contributed by atoms with Crippen LogP contribution in [0.1, 0.15) is 18.1 Å². The monoisotopic (exact) mass is 422 g/mol. The lowest BCUT2D eigenvalue weighted by molar-refractivity contribution is 0.119. The molecule has 1 atom stereocenters. The first kappa shape index (κ1) is 21.7. The number of hydrogen-bond acceptors (Lipinski definition) is 4. The van der Waals surface area contributed by atoms with Gasteiger partial charge < -0.3 is 19.4 Å². The molecule has 166 valence electrons. The van der Waals surface area contributed by atoms with Crippen LogP contribution in [0.15, 0.2) is 54.6 Å². The number of anilines is 1. The Morgan fingerprint density at radius 1 is 1.06 bits per heavy atom. The number of hydrogen-bond donors (Lipinski definition) is 0. The second kappa shape index (κ2) is 10.2. The summed E-state index contributed by atoms with van der Waals surface area (Å²) in [6.07, 6.45) is 0. The number of nitrogens with zero attached hydrogens (tertiary/aromatic N) is 4. The van der Waals surface area contributed by atoms with E-state index in [-0.39, 0.29) is 12.1 Å². The van der Waals surface area contributed by atoms with Gasteiger partial charge in [-0.2, -0.15) is 0 Å². The number of urea groups is 1. The van der Waals surface area contributed by atoms with Crippen molar-refractivity contribution in [1.29, 1.82) is 0 Å². The summed E-state index contributed by atoms with van der Waals surface area (Å²) >= 11 is 0. The summed E-state index contributed by atoms with van der Waals surface area (Å²) in [5, 5.41) is 0. The Morgan fingerprint density at radius 3 is 2.61 bits per heavy atom. The highest BCUT2D eigenvalue weighted by molar-refractivity contribution is 5.75. The van der Waals surface area contributed by atoms with E-state index in [1.807, 2.05) is 16.7 Å². The average Bonchev–Trinajstić information content (AvgIpc) is 2.96. The number of ether oxygens (including phenoxy) is 1. The maximum atomic E-state index is 13.4. The Kier molecular flexibility index (Phi) is 7.10. The summed E-state index contributed by atoms with van der Waals surface area (Å²) in [4.78, 5) is 22.4. The van der Waals surface area contributed by atoms with E-state index in [0.717, 1.165) is 32.7 Å². The predicted octanol–water partition coefficient (Wildman–Crippen LogP) is 3.28. The van der Waals surface area contributed by atoms with E-state index in [0.29, 0.717) is 26.2 Å². The minimum atomic E-state index is 0.108. The summed E-state index contributed by atoms with van der Waals surface area (Å²) in [6.45, 7) is 9.23. The SMILES string of the molecule is CCN(CCOC)C(=O)N1Cc2ccccc2N2CCN(Cc3ccccc3)CC2C1. The first-order chi connectivity index (χ1) is 15.2. The number of amides is 2. The lowest BCUT2D eigenvalue weighted by Crippen LogP contribution is -2.57. The number of carbonyl (C=O) groups excluding carboxylic acids is 1. The molecule has 2 amide bonds. The molecule has 4 rings (SSSR count). The van der Waals surface area contributed by atoms with Crippen LogP contribution in [0.4, 0.5) is 10.5 Å². The number of carbonyl (C=O) groups is 1. The van der Waals surface area contributed by atoms with Gasteiger partial charge in [0.25, 0.3) is 0 Å². The molecule has 0 bridgehead atoms. The number of likely N-dealkylation sites (N-methyl/N-ethyl adjacent to an activating group) is 1. The van der Waals surface area contributed by atoms with Crippen LogP contribution in [0, 0.1) is 0 Å². The van der Waals surface area contributed by atoms with Gasteiger partial charge >= 0.3 is 6.03 Å². The summed E-state index contributed by atoms with van der Waals surface area (Å²) in [5.41, 5.74) is 3.86. The molecule has 0 aliphatic carbocycles. The van der Waals surface area contributed by atoms with Gasteiger partial charge in [-0.1, -0.05) is 48.5 Å². The molecule has 2 heterocycles. The molecule has 2 aromatic rings. The molecule has 2 aliphatic rings. The van der Waals surface area contributed by atoms with Gasteiger partial charge in [-0.15, -0.1) is 0 Å². The zero-order valence-corrected chi connectivity index (χ0v) is 18.7. The molecule has 1 unspecified atom stereocenters. The highest BCUT2D eigenvalue weighted by Gasteiger charge is 2.35. The summed E-state index contributed by atoms with van der Waals surface area (Å²) in [5.74, 6) is 0. The van der Waals surface area contributed by atoms with Crippen LogP contribution in [0.3, 0.4) is 0 Å². The van der Waals surface area contributed by atoms with Crippen LogP contribution in [0.2, 0.25) is 0 Å². The molecule has 0 saturated carbocycles. The van der Waals surface area contributed by atoms with Crippen LogP contribution < -0.4 is 4.90 Å². The van der Waals surface area contributed by atoms with Gasteiger partial charge in [-0.3, -0.25) is 4.90 Å². The van der Waals surface area contributed by atoms with Crippen molar-refractivity contribution in [3.63, 3.8) is 0 Å². The molecule has 31 heavy (non-hydrogen) atoms. The largest absolute Gasteiger partial charge is 0.383 e. The molecule has 6 heteroatoms. The summed E-state index contributed by atoms with van der Waals surface area (Å²) in [7, 11) is 1.68. The Balaban J connectivity index is 1.54. The number of fused-ring (bicyclic) bond motifs is 3. The van der Waals surface area contributed by atoms with Crippen molar-refractivity contribution in [3.8, 4) is 0 Å². The fourth-order valence-corrected chi connectivity index (χ4v) is 4.76. The molecule has 0 N–H and O–H groups in total. The standard InChI is InChI=1S/C25H34N4O2/c1-3-27(15-16-31-2)25(30)28-18-22-11-7-8-12-24(22)29-14-13-26(19-23(29)20-28)17-21-9-5-4-6-10-21/h4-12,23H,3,13-20H2,1-2H3. The molecule has 2 aromatic carbocycles. The molecular weight excluding hydrogens is 388 g/mol. The minimum absolute atomic E-state index is 0.108. The molecule has 0 aromatic heterocycles. The third-order valence-electron chi connectivity index (χ3n) is 6.40. The van der Waals surface area contributed by atoms with Gasteiger partial charge in [-0.25, -0.2) is 4.79 Å². The number of benzene rings is 2. The van der Waals surface area contributed by atoms with Crippen LogP contribution in [-0.4, -0.2) is 79.8 Å². The van der Waals surface area contributed by atoms with Gasteiger partial charge in [0.2, 0.25) is 0 Å². The number of methoxy groups -OCH3 is 1. The molecule has 6 nitrogen and oxygen atoms in total. The van der Waals surface area contributed by atoms with Crippen molar-refractivity contribution in [1.82, 2.24) is 14.7 Å². The highest BCUT2D eigenvalue weighted by atomic mass is 16.5. The number of para-hydroxylation sites is 1. The highest BCUT2D eigenvalue weighted by Crippen LogP contribution is 2.30. The van der Waals surface area contributed by atoms with E-state index in [1.54, 1.807) is 7.11 Å². The van der Waals surface area contributed by atoms with E-state index in [2.05, 4.69) is 64.4 Å². The van der Waals surface area contributed by atoms with Crippen molar-refractivity contribution >= 4 is 11.7 Å². The van der Waals surface area contributed by atoms with Crippen molar-refractivity contribution in [3.05, 3.63) is 65.7 Å². The quantitative estimate of drug-likeness (QED) is 0.716. The second-order valence-corrected chi connectivity index (χ2v) is 8.43. The first-order valence-electron chi connectivity index (χ1n) is 11.3. The topological polar surface area (TPSA) is 39.3 Å².